The number of hydrogen-bond donors (Lipinski definition) is 4. The van der Waals surface area contributed by atoms with Crippen LogP contribution in [0.25, 0.3) is 0 Å². The van der Waals surface area contributed by atoms with Crippen molar-refractivity contribution in [1.29, 1.82) is 0 Å². The second-order valence-corrected chi connectivity index (χ2v) is 14.5. The second-order valence-electron chi connectivity index (χ2n) is 10.4. The maximum Gasteiger partial charge on any atom is 0.446 e. The van der Waals surface area contributed by atoms with Crippen LogP contribution >= 0.6 is 0 Å². The van der Waals surface area contributed by atoms with Gasteiger partial charge in [0.25, 0.3) is 0 Å². The van der Waals surface area contributed by atoms with Crippen molar-refractivity contribution in [2.24, 2.45) is 0 Å². The molecule has 22 nitrogen and oxygen atoms in total. The summed E-state index contributed by atoms with van der Waals surface area (Å²) in [4.78, 5) is 20.2. The summed E-state index contributed by atoms with van der Waals surface area (Å²) >= 11 is 0. The lowest BCUT2D eigenvalue weighted by molar-refractivity contribution is 0.177. The van der Waals surface area contributed by atoms with Crippen LogP contribution in [0, 0.1) is 0 Å². The Morgan fingerprint density at radius 1 is 0.423 bits per heavy atom. The zero-order valence-electron chi connectivity index (χ0n) is 26.2. The molecular formula is C26H28N6O16S4. The largest absolute Gasteiger partial charge is 0.446 e. The van der Waals surface area contributed by atoms with E-state index in [0.29, 0.717) is 0 Å². The minimum absolute atomic E-state index is 0.0343. The number of nitrogens with zero attached hydrogens (tertiary/aromatic N) is 6. The highest BCUT2D eigenvalue weighted by Crippen LogP contribution is 2.20. The predicted molar refractivity (Wildman–Crippen MR) is 174 cm³/mol. The van der Waals surface area contributed by atoms with Crippen molar-refractivity contribution in [3.8, 4) is 23.0 Å². The summed E-state index contributed by atoms with van der Waals surface area (Å²) in [7, 11) is -19.5. The summed E-state index contributed by atoms with van der Waals surface area (Å²) in [6.45, 7) is 0.0822. The van der Waals surface area contributed by atoms with Gasteiger partial charge in [0.2, 0.25) is 0 Å². The van der Waals surface area contributed by atoms with E-state index < -0.39 is 41.6 Å². The van der Waals surface area contributed by atoms with E-state index in [9.17, 15) is 33.7 Å². The van der Waals surface area contributed by atoms with Gasteiger partial charge in [-0.05, 0) is 0 Å². The van der Waals surface area contributed by atoms with Crippen LogP contribution in [-0.4, -0.2) is 94.7 Å². The SMILES string of the molecule is O=S(=O)(O)Oc1ccnc(CN(CCN(Cc2cc(OS(=O)(=O)O)ccn2)Cc2cc(OS(=O)(=O)O)ccn2)Cc2cc(OS(=O)(=O)O)ccn2)c1. The van der Waals surface area contributed by atoms with Crippen molar-refractivity contribution >= 4 is 41.6 Å². The van der Waals surface area contributed by atoms with E-state index >= 15 is 0 Å². The highest BCUT2D eigenvalue weighted by atomic mass is 32.3. The van der Waals surface area contributed by atoms with Gasteiger partial charge in [-0.2, -0.15) is 33.7 Å². The van der Waals surface area contributed by atoms with Crippen LogP contribution in [0.1, 0.15) is 22.8 Å². The van der Waals surface area contributed by atoms with Gasteiger partial charge in [-0.15, -0.1) is 0 Å². The molecule has 0 aliphatic carbocycles. The molecule has 0 fully saturated rings. The summed E-state index contributed by atoms with van der Waals surface area (Å²) in [6.07, 6.45) is 4.89. The number of hydrogen-bond acceptors (Lipinski definition) is 18. The molecule has 4 aromatic heterocycles. The Balaban J connectivity index is 1.65. The monoisotopic (exact) mass is 808 g/mol. The van der Waals surface area contributed by atoms with E-state index in [4.69, 9.17) is 18.2 Å². The fourth-order valence-corrected chi connectivity index (χ4v) is 5.88. The first kappa shape index (κ1) is 40.1. The molecule has 26 heteroatoms. The molecule has 0 spiro atoms. The van der Waals surface area contributed by atoms with Crippen LogP contribution in [0.5, 0.6) is 23.0 Å². The highest BCUT2D eigenvalue weighted by Gasteiger charge is 2.18. The number of rotatable bonds is 19. The lowest BCUT2D eigenvalue weighted by Crippen LogP contribution is -2.35. The van der Waals surface area contributed by atoms with E-state index in [1.807, 2.05) is 0 Å². The van der Waals surface area contributed by atoms with Crippen LogP contribution < -0.4 is 16.7 Å². The molecule has 4 heterocycles. The van der Waals surface area contributed by atoms with E-state index in [-0.39, 0.29) is 85.0 Å². The van der Waals surface area contributed by atoms with Crippen molar-refractivity contribution in [1.82, 2.24) is 29.7 Å². The molecule has 0 saturated heterocycles. The van der Waals surface area contributed by atoms with Crippen LogP contribution in [0.3, 0.4) is 0 Å². The fourth-order valence-electron chi connectivity index (χ4n) is 4.49. The topological polar surface area (TPSA) is 312 Å². The molecule has 0 unspecified atom stereocenters. The molecule has 4 rings (SSSR count). The Kier molecular flexibility index (Phi) is 13.0. The van der Waals surface area contributed by atoms with Crippen molar-refractivity contribution in [2.45, 2.75) is 26.2 Å². The fraction of sp³-hybridized carbons (Fsp3) is 0.231. The molecule has 0 atom stereocenters. The van der Waals surface area contributed by atoms with Crippen molar-refractivity contribution in [3.05, 3.63) is 96.1 Å². The summed E-state index contributed by atoms with van der Waals surface area (Å²) in [5.74, 6) is -1.03. The summed E-state index contributed by atoms with van der Waals surface area (Å²) in [5.41, 5.74) is 0.969. The third-order valence-corrected chi connectivity index (χ3v) is 7.85. The minimum Gasteiger partial charge on any atom is -0.362 e. The Labute approximate surface area is 297 Å². The Bertz CT molecular complexity index is 1990. The van der Waals surface area contributed by atoms with Gasteiger partial charge in [-0.25, -0.2) is 0 Å². The first-order valence-corrected chi connectivity index (χ1v) is 19.5. The van der Waals surface area contributed by atoms with E-state index in [2.05, 4.69) is 36.7 Å². The van der Waals surface area contributed by atoms with Crippen molar-refractivity contribution in [3.63, 3.8) is 0 Å². The smallest absolute Gasteiger partial charge is 0.362 e. The molecule has 4 N–H and O–H groups in total. The molecule has 0 saturated carbocycles. The zero-order valence-corrected chi connectivity index (χ0v) is 29.4. The Hall–Kier alpha value is -4.64. The molecule has 4 aromatic rings. The molecule has 0 aromatic carbocycles. The molecular weight excluding hydrogens is 781 g/mol. The average molecular weight is 809 g/mol. The minimum atomic E-state index is -4.86. The van der Waals surface area contributed by atoms with Gasteiger partial charge >= 0.3 is 41.6 Å². The van der Waals surface area contributed by atoms with Gasteiger partial charge in [0, 0.05) is 113 Å². The first-order valence-electron chi connectivity index (χ1n) is 14.1. The summed E-state index contributed by atoms with van der Waals surface area (Å²) in [5, 5.41) is 0. The quantitative estimate of drug-likeness (QED) is 0.0947. The molecule has 0 radical (unpaired) electrons. The van der Waals surface area contributed by atoms with Crippen LogP contribution in [0.2, 0.25) is 0 Å². The van der Waals surface area contributed by atoms with Gasteiger partial charge < -0.3 is 16.7 Å². The summed E-state index contributed by atoms with van der Waals surface area (Å²) < 4.78 is 145. The standard InChI is InChI=1S/C26H28N6O16S4/c33-49(34,35)45-23-1-5-27-19(11-23)15-31(16-20-12-24(2-6-28-20)46-50(36,37)38)9-10-32(17-21-13-25(3-7-29-21)47-51(39,40)41)18-22-14-26(4-8-30-22)48-52(42,43)44/h1-8,11-14H,9-10,15-18H2,(H,33,34,35)(H,36,37,38)(H,39,40,41)(H,42,43,44). The summed E-state index contributed by atoms with van der Waals surface area (Å²) in [6, 6.07) is 9.67. The van der Waals surface area contributed by atoms with E-state index in [1.165, 1.54) is 73.3 Å². The second kappa shape index (κ2) is 16.8. The molecule has 0 aliphatic heterocycles. The van der Waals surface area contributed by atoms with Crippen molar-refractivity contribution < 1.29 is 68.6 Å². The highest BCUT2D eigenvalue weighted by molar-refractivity contribution is 7.82. The third-order valence-electron chi connectivity index (χ3n) is 6.23. The van der Waals surface area contributed by atoms with Gasteiger partial charge in [0.05, 0.1) is 22.8 Å². The molecule has 52 heavy (non-hydrogen) atoms. The van der Waals surface area contributed by atoms with Crippen LogP contribution in [-0.2, 0) is 67.8 Å². The first-order chi connectivity index (χ1) is 24.2. The molecule has 0 aliphatic rings. The predicted octanol–water partition coefficient (Wildman–Crippen LogP) is 0.698. The van der Waals surface area contributed by atoms with Gasteiger partial charge in [0.1, 0.15) is 23.0 Å². The maximum absolute atomic E-state index is 11.3. The van der Waals surface area contributed by atoms with E-state index in [1.54, 1.807) is 9.80 Å². The lowest BCUT2D eigenvalue weighted by atomic mass is 10.2. The molecule has 0 amide bonds. The number of pyridine rings is 4. The maximum atomic E-state index is 11.3. The molecule has 0 bridgehead atoms. The van der Waals surface area contributed by atoms with Crippen LogP contribution in [0.15, 0.2) is 73.3 Å². The number of aromatic nitrogens is 4. The van der Waals surface area contributed by atoms with Crippen LogP contribution in [0.4, 0.5) is 0 Å². The Morgan fingerprint density at radius 3 is 0.827 bits per heavy atom. The lowest BCUT2D eigenvalue weighted by Gasteiger charge is -2.27. The normalized spacial score (nSPS) is 12.5. The van der Waals surface area contributed by atoms with E-state index in [0.717, 1.165) is 0 Å². The Morgan fingerprint density at radius 2 is 0.635 bits per heavy atom. The van der Waals surface area contributed by atoms with Gasteiger partial charge in [-0.3, -0.25) is 47.9 Å². The average Bonchev–Trinajstić information content (AvgIpc) is 2.97. The van der Waals surface area contributed by atoms with Gasteiger partial charge in [-0.1, -0.05) is 0 Å². The third kappa shape index (κ3) is 15.3. The zero-order chi connectivity index (χ0) is 38.2. The molecule has 282 valence electrons. The van der Waals surface area contributed by atoms with Crippen molar-refractivity contribution in [2.75, 3.05) is 13.1 Å². The van der Waals surface area contributed by atoms with Gasteiger partial charge in [0.15, 0.2) is 0 Å².